The van der Waals surface area contributed by atoms with Crippen molar-refractivity contribution < 1.29 is 4.79 Å². The lowest BCUT2D eigenvalue weighted by Crippen LogP contribution is -2.44. The molecule has 0 saturated carbocycles. The standard InChI is InChI=1S/C21H38N2OS/c1-4-5-6-12-21(2)13-8-15-23(17-21)20(24)11-10-19(25-3)18-9-7-14-22-16-18/h10,18,22H,4-9,11-17H2,1-3H3/b19-10-. The first-order chi connectivity index (χ1) is 12.1. The molecule has 2 heterocycles. The second-order valence-corrected chi connectivity index (χ2v) is 9.12. The maximum atomic E-state index is 12.8. The van der Waals surface area contributed by atoms with Crippen LogP contribution >= 0.6 is 11.8 Å². The first-order valence-electron chi connectivity index (χ1n) is 10.3. The van der Waals surface area contributed by atoms with Crippen molar-refractivity contribution in [2.75, 3.05) is 32.4 Å². The Kier molecular flexibility index (Phi) is 8.84. The minimum Gasteiger partial charge on any atom is -0.342 e. The number of carbonyl (C=O) groups is 1. The lowest BCUT2D eigenvalue weighted by Gasteiger charge is -2.40. The average molecular weight is 367 g/mol. The predicted octanol–water partition coefficient (Wildman–Crippen LogP) is 4.83. The molecule has 2 aliphatic rings. The second-order valence-electron chi connectivity index (χ2n) is 8.24. The van der Waals surface area contributed by atoms with Crippen molar-refractivity contribution >= 4 is 17.7 Å². The number of hydrogen-bond donors (Lipinski definition) is 1. The summed E-state index contributed by atoms with van der Waals surface area (Å²) in [5.41, 5.74) is 0.336. The van der Waals surface area contributed by atoms with Crippen LogP contribution in [0.25, 0.3) is 0 Å². The number of rotatable bonds is 8. The fourth-order valence-corrected chi connectivity index (χ4v) is 5.15. The fraction of sp³-hybridized carbons (Fsp3) is 0.857. The van der Waals surface area contributed by atoms with Gasteiger partial charge in [-0.25, -0.2) is 0 Å². The second kappa shape index (κ2) is 10.6. The van der Waals surface area contributed by atoms with Crippen LogP contribution in [0, 0.1) is 11.3 Å². The summed E-state index contributed by atoms with van der Waals surface area (Å²) in [7, 11) is 0. The third-order valence-corrected chi connectivity index (χ3v) is 6.90. The number of hydrogen-bond acceptors (Lipinski definition) is 3. The minimum absolute atomic E-state index is 0.330. The van der Waals surface area contributed by atoms with E-state index in [9.17, 15) is 4.79 Å². The van der Waals surface area contributed by atoms with Gasteiger partial charge in [-0.1, -0.05) is 39.2 Å². The number of likely N-dealkylation sites (tertiary alicyclic amines) is 1. The molecule has 25 heavy (non-hydrogen) atoms. The highest BCUT2D eigenvalue weighted by Crippen LogP contribution is 2.35. The van der Waals surface area contributed by atoms with Gasteiger partial charge in [-0.05, 0) is 55.2 Å². The van der Waals surface area contributed by atoms with Gasteiger partial charge >= 0.3 is 0 Å². The van der Waals surface area contributed by atoms with Crippen molar-refractivity contribution in [2.45, 2.75) is 71.6 Å². The molecule has 2 unspecified atom stereocenters. The van der Waals surface area contributed by atoms with Crippen LogP contribution in [0.2, 0.25) is 0 Å². The van der Waals surface area contributed by atoms with Gasteiger partial charge in [0.25, 0.3) is 0 Å². The Morgan fingerprint density at radius 3 is 2.88 bits per heavy atom. The summed E-state index contributed by atoms with van der Waals surface area (Å²) in [6.45, 7) is 8.77. The molecule has 3 nitrogen and oxygen atoms in total. The van der Waals surface area contributed by atoms with Gasteiger partial charge in [-0.2, -0.15) is 0 Å². The van der Waals surface area contributed by atoms with E-state index in [-0.39, 0.29) is 0 Å². The zero-order chi connectivity index (χ0) is 18.1. The Bertz CT molecular complexity index is 445. The maximum Gasteiger partial charge on any atom is 0.226 e. The molecule has 0 bridgehead atoms. The van der Waals surface area contributed by atoms with E-state index in [0.717, 1.165) is 26.2 Å². The lowest BCUT2D eigenvalue weighted by atomic mass is 9.77. The highest BCUT2D eigenvalue weighted by Gasteiger charge is 2.32. The monoisotopic (exact) mass is 366 g/mol. The summed E-state index contributed by atoms with van der Waals surface area (Å²) in [6.07, 6.45) is 15.1. The van der Waals surface area contributed by atoms with E-state index in [2.05, 4.69) is 36.4 Å². The molecule has 1 N–H and O–H groups in total. The molecule has 4 heteroatoms. The molecule has 2 aliphatic heterocycles. The number of nitrogens with one attached hydrogen (secondary N) is 1. The zero-order valence-electron chi connectivity index (χ0n) is 16.6. The summed E-state index contributed by atoms with van der Waals surface area (Å²) < 4.78 is 0. The molecular weight excluding hydrogens is 328 g/mol. The quantitative estimate of drug-likeness (QED) is 0.624. The molecule has 0 radical (unpaired) electrons. The van der Waals surface area contributed by atoms with Crippen LogP contribution in [0.15, 0.2) is 11.0 Å². The van der Waals surface area contributed by atoms with E-state index in [1.165, 1.54) is 56.3 Å². The molecule has 1 amide bonds. The highest BCUT2D eigenvalue weighted by molar-refractivity contribution is 8.02. The predicted molar refractivity (Wildman–Crippen MR) is 110 cm³/mol. The van der Waals surface area contributed by atoms with Gasteiger partial charge in [0.15, 0.2) is 0 Å². The Hall–Kier alpha value is -0.480. The van der Waals surface area contributed by atoms with Crippen LogP contribution < -0.4 is 5.32 Å². The van der Waals surface area contributed by atoms with Crippen LogP contribution in [0.3, 0.4) is 0 Å². The molecule has 0 aromatic carbocycles. The van der Waals surface area contributed by atoms with Gasteiger partial charge in [0.1, 0.15) is 0 Å². The molecule has 0 aliphatic carbocycles. The van der Waals surface area contributed by atoms with E-state index >= 15 is 0 Å². The van der Waals surface area contributed by atoms with Gasteiger partial charge in [0, 0.05) is 32.0 Å². The van der Waals surface area contributed by atoms with Gasteiger partial charge in [-0.3, -0.25) is 4.79 Å². The molecular formula is C21H38N2OS. The lowest BCUT2D eigenvalue weighted by molar-refractivity contribution is -0.133. The molecule has 2 atom stereocenters. The topological polar surface area (TPSA) is 32.3 Å². The van der Waals surface area contributed by atoms with Gasteiger partial charge in [0.05, 0.1) is 0 Å². The SMILES string of the molecule is CCCCCC1(C)CCCN(C(=O)C/C=C(\SC)C2CCCNC2)C1. The number of piperidine rings is 2. The van der Waals surface area contributed by atoms with Crippen LogP contribution in [0.1, 0.15) is 71.6 Å². The largest absolute Gasteiger partial charge is 0.342 e. The number of nitrogens with zero attached hydrogens (tertiary/aromatic N) is 1. The van der Waals surface area contributed by atoms with Crippen molar-refractivity contribution in [1.82, 2.24) is 10.2 Å². The molecule has 0 spiro atoms. The van der Waals surface area contributed by atoms with E-state index < -0.39 is 0 Å². The summed E-state index contributed by atoms with van der Waals surface area (Å²) >= 11 is 1.83. The molecule has 2 fully saturated rings. The molecule has 0 aromatic heterocycles. The molecule has 2 rings (SSSR count). The van der Waals surface area contributed by atoms with Crippen molar-refractivity contribution in [3.05, 3.63) is 11.0 Å². The maximum absolute atomic E-state index is 12.8. The summed E-state index contributed by atoms with van der Waals surface area (Å²) in [5, 5.41) is 3.49. The number of amides is 1. The van der Waals surface area contributed by atoms with E-state index in [1.807, 2.05) is 11.8 Å². The first kappa shape index (κ1) is 20.8. The summed E-state index contributed by atoms with van der Waals surface area (Å²) in [5.74, 6) is 0.939. The zero-order valence-corrected chi connectivity index (χ0v) is 17.4. The van der Waals surface area contributed by atoms with Crippen LogP contribution in [0.5, 0.6) is 0 Å². The van der Waals surface area contributed by atoms with E-state index in [1.54, 1.807) is 0 Å². The molecule has 144 valence electrons. The Morgan fingerprint density at radius 2 is 2.20 bits per heavy atom. The third-order valence-electron chi connectivity index (χ3n) is 5.93. The Morgan fingerprint density at radius 1 is 1.36 bits per heavy atom. The van der Waals surface area contributed by atoms with Crippen LogP contribution in [-0.2, 0) is 4.79 Å². The Labute approximate surface area is 159 Å². The minimum atomic E-state index is 0.330. The van der Waals surface area contributed by atoms with Crippen molar-refractivity contribution in [3.8, 4) is 0 Å². The van der Waals surface area contributed by atoms with Crippen molar-refractivity contribution in [2.24, 2.45) is 11.3 Å². The Balaban J connectivity index is 1.87. The van der Waals surface area contributed by atoms with Crippen molar-refractivity contribution in [1.29, 1.82) is 0 Å². The smallest absolute Gasteiger partial charge is 0.226 e. The number of carbonyl (C=O) groups excluding carboxylic acids is 1. The van der Waals surface area contributed by atoms with Crippen LogP contribution in [0.4, 0.5) is 0 Å². The average Bonchev–Trinajstić information content (AvgIpc) is 2.63. The van der Waals surface area contributed by atoms with Gasteiger partial charge < -0.3 is 10.2 Å². The van der Waals surface area contributed by atoms with Gasteiger partial charge in [-0.15, -0.1) is 11.8 Å². The third kappa shape index (κ3) is 6.63. The van der Waals surface area contributed by atoms with Gasteiger partial charge in [0.2, 0.25) is 5.91 Å². The van der Waals surface area contributed by atoms with E-state index in [0.29, 0.717) is 23.7 Å². The summed E-state index contributed by atoms with van der Waals surface area (Å²) in [6, 6.07) is 0. The normalized spacial score (nSPS) is 28.2. The number of thioether (sulfide) groups is 1. The van der Waals surface area contributed by atoms with Crippen LogP contribution in [-0.4, -0.2) is 43.2 Å². The van der Waals surface area contributed by atoms with E-state index in [4.69, 9.17) is 0 Å². The van der Waals surface area contributed by atoms with Crippen molar-refractivity contribution in [3.63, 3.8) is 0 Å². The number of unbranched alkanes of at least 4 members (excludes halogenated alkanes) is 2. The molecule has 2 saturated heterocycles. The highest BCUT2D eigenvalue weighted by atomic mass is 32.2. The summed E-state index contributed by atoms with van der Waals surface area (Å²) in [4.78, 5) is 16.3. The fourth-order valence-electron chi connectivity index (χ4n) is 4.36. The first-order valence-corrected chi connectivity index (χ1v) is 11.5. The molecule has 0 aromatic rings.